The van der Waals surface area contributed by atoms with Crippen LogP contribution in [0.1, 0.15) is 78.2 Å². The number of nitrogens with two attached hydrogens (primary N) is 1. The number of thioether (sulfide) groups is 1. The zero-order chi connectivity index (χ0) is 33.0. The van der Waals surface area contributed by atoms with Gasteiger partial charge in [-0.3, -0.25) is 9.59 Å². The lowest BCUT2D eigenvalue weighted by Gasteiger charge is -2.36. The number of benzene rings is 3. The van der Waals surface area contributed by atoms with Crippen LogP contribution in [-0.4, -0.2) is 39.0 Å². The molecular weight excluding hydrogens is 635 g/mol. The van der Waals surface area contributed by atoms with Crippen LogP contribution in [0.3, 0.4) is 0 Å². The molecule has 2 heterocycles. The van der Waals surface area contributed by atoms with E-state index in [0.29, 0.717) is 50.0 Å². The molecule has 4 aromatic rings. The van der Waals surface area contributed by atoms with Crippen molar-refractivity contribution >= 4 is 46.3 Å². The summed E-state index contributed by atoms with van der Waals surface area (Å²) in [6.45, 7) is 2.36. The monoisotopic (exact) mass is 675 g/mol. The standard InChI is InChI=1S/C35H41N5O5S2/c1-23-39-40-35(47-23)46-22-28-19-31(26-15-13-25(21-41)14-16-26)45-34(44-28)27-17-11-24(12-18-27)20-37-32(42)9-3-2-4-10-33(43)38-30-8-6-5-7-29(30)36/h5-8,11-18,28,31,34,41H,2-4,9-10,19-22,36H2,1H3,(H,37,42)(H,38,43)/t28-,31+,34+/m1/s1. The molecule has 12 heteroatoms. The van der Waals surface area contributed by atoms with E-state index in [1.807, 2.05) is 67.6 Å². The van der Waals surface area contributed by atoms with Gasteiger partial charge >= 0.3 is 0 Å². The second-order valence-corrected chi connectivity index (χ2v) is 13.9. The number of hydrogen-bond donors (Lipinski definition) is 4. The maximum Gasteiger partial charge on any atom is 0.224 e. The Hall–Kier alpha value is -3.81. The molecule has 47 heavy (non-hydrogen) atoms. The lowest BCUT2D eigenvalue weighted by molar-refractivity contribution is -0.245. The Morgan fingerprint density at radius 2 is 1.62 bits per heavy atom. The topological polar surface area (TPSA) is 149 Å². The van der Waals surface area contributed by atoms with Crippen LogP contribution in [0.25, 0.3) is 0 Å². The fourth-order valence-electron chi connectivity index (χ4n) is 5.18. The Kier molecular flexibility index (Phi) is 12.8. The molecule has 1 aromatic heterocycles. The molecular formula is C35H41N5O5S2. The van der Waals surface area contributed by atoms with Crippen molar-refractivity contribution in [2.75, 3.05) is 16.8 Å². The van der Waals surface area contributed by atoms with E-state index < -0.39 is 6.29 Å². The molecule has 0 aliphatic carbocycles. The van der Waals surface area contributed by atoms with E-state index in [9.17, 15) is 14.7 Å². The molecule has 0 bridgehead atoms. The summed E-state index contributed by atoms with van der Waals surface area (Å²) >= 11 is 3.21. The number of rotatable bonds is 15. The third kappa shape index (κ3) is 10.6. The summed E-state index contributed by atoms with van der Waals surface area (Å²) in [4.78, 5) is 24.6. The first-order valence-electron chi connectivity index (χ1n) is 15.8. The van der Waals surface area contributed by atoms with Gasteiger partial charge in [-0.2, -0.15) is 0 Å². The van der Waals surface area contributed by atoms with Crippen LogP contribution in [0, 0.1) is 6.92 Å². The van der Waals surface area contributed by atoms with Crippen molar-refractivity contribution in [3.05, 3.63) is 100 Å². The van der Waals surface area contributed by atoms with E-state index in [2.05, 4.69) is 20.8 Å². The van der Waals surface area contributed by atoms with E-state index in [4.69, 9.17) is 15.2 Å². The number of nitrogens with one attached hydrogen (secondary N) is 2. The van der Waals surface area contributed by atoms with Crippen LogP contribution in [0.4, 0.5) is 11.4 Å². The molecule has 248 valence electrons. The van der Waals surface area contributed by atoms with Crippen molar-refractivity contribution in [1.82, 2.24) is 15.5 Å². The quantitative estimate of drug-likeness (QED) is 0.0633. The lowest BCUT2D eigenvalue weighted by Crippen LogP contribution is -2.31. The largest absolute Gasteiger partial charge is 0.397 e. The maximum atomic E-state index is 12.5. The molecule has 1 aliphatic heterocycles. The van der Waals surface area contributed by atoms with Gasteiger partial charge in [0.25, 0.3) is 0 Å². The zero-order valence-corrected chi connectivity index (χ0v) is 28.0. The van der Waals surface area contributed by atoms with E-state index in [0.717, 1.165) is 43.8 Å². The highest BCUT2D eigenvalue weighted by molar-refractivity contribution is 8.01. The summed E-state index contributed by atoms with van der Waals surface area (Å²) in [6.07, 6.45) is 2.90. The van der Waals surface area contributed by atoms with Gasteiger partial charge in [0.15, 0.2) is 10.6 Å². The number of aryl methyl sites for hydroxylation is 1. The molecule has 3 atom stereocenters. The first kappa shape index (κ1) is 34.5. The van der Waals surface area contributed by atoms with Crippen LogP contribution >= 0.6 is 23.1 Å². The molecule has 1 aliphatic rings. The summed E-state index contributed by atoms with van der Waals surface area (Å²) < 4.78 is 13.8. The van der Waals surface area contributed by atoms with E-state index in [-0.39, 0.29) is 30.6 Å². The van der Waals surface area contributed by atoms with Gasteiger partial charge in [0.1, 0.15) is 5.01 Å². The number of aliphatic hydroxyl groups is 1. The second-order valence-electron chi connectivity index (χ2n) is 11.5. The smallest absolute Gasteiger partial charge is 0.224 e. The van der Waals surface area contributed by atoms with Gasteiger partial charge in [-0.1, -0.05) is 90.2 Å². The lowest BCUT2D eigenvalue weighted by atomic mass is 10.0. The molecule has 1 fully saturated rings. The number of anilines is 2. The van der Waals surface area contributed by atoms with Gasteiger partial charge in [0, 0.05) is 37.1 Å². The molecule has 5 N–H and O–H groups in total. The minimum absolute atomic E-state index is 0.00290. The molecule has 0 saturated carbocycles. The first-order valence-corrected chi connectivity index (χ1v) is 17.6. The van der Waals surface area contributed by atoms with E-state index >= 15 is 0 Å². The maximum absolute atomic E-state index is 12.5. The minimum atomic E-state index is -0.552. The minimum Gasteiger partial charge on any atom is -0.397 e. The highest BCUT2D eigenvalue weighted by Gasteiger charge is 2.32. The summed E-state index contributed by atoms with van der Waals surface area (Å²) in [5, 5.41) is 24.6. The van der Waals surface area contributed by atoms with Gasteiger partial charge in [-0.25, -0.2) is 0 Å². The Labute approximate surface area is 283 Å². The summed E-state index contributed by atoms with van der Waals surface area (Å²) in [5.41, 5.74) is 10.8. The number of unbranched alkanes of at least 4 members (excludes halogenated alkanes) is 2. The third-order valence-corrected chi connectivity index (χ3v) is 9.90. The number of amides is 2. The predicted octanol–water partition coefficient (Wildman–Crippen LogP) is 6.46. The van der Waals surface area contributed by atoms with Crippen LogP contribution in [0.2, 0.25) is 0 Å². The number of carbonyl (C=O) groups excluding carboxylic acids is 2. The SMILES string of the molecule is Cc1nnc(SC[C@H]2C[C@@H](c3ccc(CO)cc3)O[C@@H](c3ccc(CNC(=O)CCCCCC(=O)Nc4ccccc4N)cc3)O2)s1. The number of aliphatic hydroxyl groups excluding tert-OH is 1. The Bertz CT molecular complexity index is 1600. The van der Waals surface area contributed by atoms with Crippen LogP contribution in [0.5, 0.6) is 0 Å². The highest BCUT2D eigenvalue weighted by atomic mass is 32.2. The third-order valence-electron chi connectivity index (χ3n) is 7.80. The Morgan fingerprint density at radius 3 is 2.32 bits per heavy atom. The van der Waals surface area contributed by atoms with Crippen molar-refractivity contribution in [2.24, 2.45) is 0 Å². The van der Waals surface area contributed by atoms with Gasteiger partial charge in [0.2, 0.25) is 11.8 Å². The van der Waals surface area contributed by atoms with E-state index in [1.54, 1.807) is 35.2 Å². The van der Waals surface area contributed by atoms with Crippen molar-refractivity contribution < 1.29 is 24.2 Å². The number of aromatic nitrogens is 2. The summed E-state index contributed by atoms with van der Waals surface area (Å²) in [5.74, 6) is 0.625. The summed E-state index contributed by atoms with van der Waals surface area (Å²) in [6, 6.07) is 22.9. The number of carbonyl (C=O) groups is 2. The van der Waals surface area contributed by atoms with Gasteiger partial charge in [-0.05, 0) is 48.6 Å². The van der Waals surface area contributed by atoms with Gasteiger partial charge in [-0.15, -0.1) is 10.2 Å². The Balaban J connectivity index is 1.07. The van der Waals surface area contributed by atoms with Crippen molar-refractivity contribution in [3.8, 4) is 0 Å². The fraction of sp³-hybridized carbons (Fsp3) is 0.371. The number of nitrogens with zero attached hydrogens (tertiary/aromatic N) is 2. The second kappa shape index (κ2) is 17.4. The van der Waals surface area contributed by atoms with Crippen molar-refractivity contribution in [3.63, 3.8) is 0 Å². The van der Waals surface area contributed by atoms with Crippen molar-refractivity contribution in [2.45, 2.75) is 81.4 Å². The Morgan fingerprint density at radius 1 is 0.915 bits per heavy atom. The molecule has 3 aromatic carbocycles. The number of hydrogen-bond acceptors (Lipinski definition) is 10. The number of para-hydroxylation sites is 2. The average molecular weight is 676 g/mol. The zero-order valence-electron chi connectivity index (χ0n) is 26.4. The molecule has 5 rings (SSSR count). The van der Waals surface area contributed by atoms with Crippen LogP contribution in [-0.2, 0) is 32.2 Å². The van der Waals surface area contributed by atoms with E-state index in [1.165, 1.54) is 0 Å². The molecule has 10 nitrogen and oxygen atoms in total. The summed E-state index contributed by atoms with van der Waals surface area (Å²) in [7, 11) is 0. The van der Waals surface area contributed by atoms with Crippen LogP contribution < -0.4 is 16.4 Å². The van der Waals surface area contributed by atoms with Crippen molar-refractivity contribution in [1.29, 1.82) is 0 Å². The number of ether oxygens (including phenoxy) is 2. The molecule has 2 amide bonds. The average Bonchev–Trinajstić information content (AvgIpc) is 3.52. The normalized spacial score (nSPS) is 17.7. The van der Waals surface area contributed by atoms with Gasteiger partial charge < -0.3 is 30.9 Å². The number of nitrogen functional groups attached to an aromatic ring is 1. The molecule has 1 saturated heterocycles. The predicted molar refractivity (Wildman–Crippen MR) is 185 cm³/mol. The van der Waals surface area contributed by atoms with Gasteiger partial charge in [0.05, 0.1) is 30.2 Å². The molecule has 0 spiro atoms. The molecule has 0 radical (unpaired) electrons. The van der Waals surface area contributed by atoms with Crippen LogP contribution in [0.15, 0.2) is 77.1 Å². The molecule has 0 unspecified atom stereocenters. The highest BCUT2D eigenvalue weighted by Crippen LogP contribution is 2.39. The first-order chi connectivity index (χ1) is 22.9. The fourth-order valence-corrected chi connectivity index (χ4v) is 7.04.